The van der Waals surface area contributed by atoms with Crippen molar-refractivity contribution in [1.29, 1.82) is 0 Å². The van der Waals surface area contributed by atoms with Gasteiger partial charge in [-0.25, -0.2) is 0 Å². The zero-order valence-electron chi connectivity index (χ0n) is 8.30. The van der Waals surface area contributed by atoms with Gasteiger partial charge in [-0.1, -0.05) is 64.7 Å². The van der Waals surface area contributed by atoms with E-state index >= 15 is 0 Å². The SMILES string of the molecule is I/C=C1/CSc2nnc(-c3ccccc3)n21. The summed E-state index contributed by atoms with van der Waals surface area (Å²) in [6.07, 6.45) is 0. The predicted octanol–water partition coefficient (Wildman–Crippen LogP) is 3.28. The predicted molar refractivity (Wildman–Crippen MR) is 74.5 cm³/mol. The highest BCUT2D eigenvalue weighted by atomic mass is 127. The second kappa shape index (κ2) is 4.21. The molecule has 5 heteroatoms. The van der Waals surface area contributed by atoms with Crippen LogP contribution in [0.1, 0.15) is 0 Å². The Morgan fingerprint density at radius 2 is 2.06 bits per heavy atom. The van der Waals surface area contributed by atoms with Gasteiger partial charge in [0, 0.05) is 17.0 Å². The fourth-order valence-corrected chi connectivity index (χ4v) is 3.40. The molecule has 0 unspecified atom stereocenters. The molecule has 0 N–H and O–H groups in total. The van der Waals surface area contributed by atoms with Crippen LogP contribution in [0.3, 0.4) is 0 Å². The van der Waals surface area contributed by atoms with Gasteiger partial charge in [0.1, 0.15) is 0 Å². The first-order chi connectivity index (χ1) is 7.90. The lowest BCUT2D eigenvalue weighted by atomic mass is 10.2. The second-order valence-corrected chi connectivity index (χ2v) is 4.96. The van der Waals surface area contributed by atoms with Crippen LogP contribution in [0.2, 0.25) is 0 Å². The van der Waals surface area contributed by atoms with Gasteiger partial charge in [-0.15, -0.1) is 10.2 Å². The molecular weight excluding hydrogens is 333 g/mol. The average Bonchev–Trinajstić information content (AvgIpc) is 2.90. The molecule has 3 rings (SSSR count). The first-order valence-electron chi connectivity index (χ1n) is 4.83. The van der Waals surface area contributed by atoms with E-state index in [0.717, 1.165) is 22.3 Å². The summed E-state index contributed by atoms with van der Waals surface area (Å²) in [5, 5.41) is 9.45. The maximum atomic E-state index is 4.25. The van der Waals surface area contributed by atoms with Crippen molar-refractivity contribution in [3.63, 3.8) is 0 Å². The molecule has 16 heavy (non-hydrogen) atoms. The zero-order valence-corrected chi connectivity index (χ0v) is 11.3. The normalized spacial score (nSPS) is 16.7. The molecular formula is C11H8IN3S. The van der Waals surface area contributed by atoms with Gasteiger partial charge in [0.25, 0.3) is 0 Å². The quantitative estimate of drug-likeness (QED) is 0.746. The number of halogens is 1. The van der Waals surface area contributed by atoms with Crippen LogP contribution < -0.4 is 0 Å². The second-order valence-electron chi connectivity index (χ2n) is 3.40. The summed E-state index contributed by atoms with van der Waals surface area (Å²) in [6, 6.07) is 10.2. The Labute approximate surface area is 111 Å². The Morgan fingerprint density at radius 1 is 1.25 bits per heavy atom. The first kappa shape index (κ1) is 10.3. The van der Waals surface area contributed by atoms with Gasteiger partial charge < -0.3 is 0 Å². The monoisotopic (exact) mass is 341 g/mol. The molecule has 0 aliphatic carbocycles. The minimum Gasteiger partial charge on any atom is -0.273 e. The van der Waals surface area contributed by atoms with E-state index in [9.17, 15) is 0 Å². The molecule has 2 heterocycles. The molecule has 2 aromatic rings. The van der Waals surface area contributed by atoms with E-state index in [2.05, 4.69) is 53.6 Å². The smallest absolute Gasteiger partial charge is 0.196 e. The molecule has 0 saturated heterocycles. The number of nitrogens with zero attached hydrogens (tertiary/aromatic N) is 3. The van der Waals surface area contributed by atoms with Crippen LogP contribution in [0.5, 0.6) is 0 Å². The minimum atomic E-state index is 0.934. The van der Waals surface area contributed by atoms with Gasteiger partial charge in [0.2, 0.25) is 0 Å². The fraction of sp³-hybridized carbons (Fsp3) is 0.0909. The largest absolute Gasteiger partial charge is 0.273 e. The average molecular weight is 341 g/mol. The highest BCUT2D eigenvalue weighted by Crippen LogP contribution is 2.35. The van der Waals surface area contributed by atoms with Gasteiger partial charge in [-0.05, 0) is 4.08 Å². The highest BCUT2D eigenvalue weighted by molar-refractivity contribution is 14.1. The third kappa shape index (κ3) is 1.58. The summed E-state index contributed by atoms with van der Waals surface area (Å²) in [7, 11) is 0. The molecule has 1 aliphatic heterocycles. The van der Waals surface area contributed by atoms with Crippen LogP contribution in [0.25, 0.3) is 17.1 Å². The number of fused-ring (bicyclic) bond motifs is 1. The van der Waals surface area contributed by atoms with Crippen LogP contribution in [0.4, 0.5) is 0 Å². The molecule has 3 nitrogen and oxygen atoms in total. The molecule has 0 atom stereocenters. The van der Waals surface area contributed by atoms with E-state index in [1.165, 1.54) is 5.70 Å². The molecule has 0 bridgehead atoms. The van der Waals surface area contributed by atoms with Crippen molar-refractivity contribution in [3.05, 3.63) is 34.4 Å². The van der Waals surface area contributed by atoms with E-state index in [-0.39, 0.29) is 0 Å². The van der Waals surface area contributed by atoms with Crippen LogP contribution in [-0.4, -0.2) is 20.5 Å². The molecule has 1 aliphatic rings. The molecule has 0 spiro atoms. The lowest BCUT2D eigenvalue weighted by Crippen LogP contribution is -1.96. The first-order valence-corrected chi connectivity index (χ1v) is 7.06. The van der Waals surface area contributed by atoms with E-state index < -0.39 is 0 Å². The molecule has 80 valence electrons. The minimum absolute atomic E-state index is 0.934. The van der Waals surface area contributed by atoms with Gasteiger partial charge in [0.15, 0.2) is 11.0 Å². The van der Waals surface area contributed by atoms with Crippen molar-refractivity contribution in [2.45, 2.75) is 5.16 Å². The lowest BCUT2D eigenvalue weighted by Gasteiger charge is -2.03. The summed E-state index contributed by atoms with van der Waals surface area (Å²) in [4.78, 5) is 0. The van der Waals surface area contributed by atoms with Crippen LogP contribution in [0, 0.1) is 0 Å². The number of aromatic nitrogens is 3. The molecule has 0 radical (unpaired) electrons. The van der Waals surface area contributed by atoms with Gasteiger partial charge in [-0.2, -0.15) is 0 Å². The van der Waals surface area contributed by atoms with Crippen LogP contribution in [-0.2, 0) is 0 Å². The third-order valence-electron chi connectivity index (χ3n) is 2.43. The maximum absolute atomic E-state index is 4.25. The number of rotatable bonds is 1. The van der Waals surface area contributed by atoms with Gasteiger partial charge in [0.05, 0.1) is 0 Å². The Bertz CT molecular complexity index is 548. The van der Waals surface area contributed by atoms with Crippen molar-refractivity contribution in [2.75, 3.05) is 5.75 Å². The summed E-state index contributed by atoms with van der Waals surface area (Å²) >= 11 is 4.00. The highest BCUT2D eigenvalue weighted by Gasteiger charge is 2.22. The van der Waals surface area contributed by atoms with E-state index in [0.29, 0.717) is 0 Å². The molecule has 0 amide bonds. The maximum Gasteiger partial charge on any atom is 0.196 e. The Hall–Kier alpha value is -0.820. The molecule has 0 fully saturated rings. The Morgan fingerprint density at radius 3 is 2.81 bits per heavy atom. The van der Waals surface area contributed by atoms with Gasteiger partial charge >= 0.3 is 0 Å². The van der Waals surface area contributed by atoms with E-state index in [1.807, 2.05) is 18.2 Å². The van der Waals surface area contributed by atoms with E-state index in [4.69, 9.17) is 0 Å². The van der Waals surface area contributed by atoms with Crippen molar-refractivity contribution >= 4 is 40.0 Å². The number of benzene rings is 1. The van der Waals surface area contributed by atoms with Crippen LogP contribution in [0.15, 0.2) is 39.6 Å². The zero-order chi connectivity index (χ0) is 11.0. The Kier molecular flexibility index (Phi) is 2.72. The van der Waals surface area contributed by atoms with Crippen molar-refractivity contribution in [3.8, 4) is 11.4 Å². The summed E-state index contributed by atoms with van der Waals surface area (Å²) in [5.74, 6) is 1.91. The number of hydrogen-bond acceptors (Lipinski definition) is 3. The van der Waals surface area contributed by atoms with Crippen molar-refractivity contribution in [1.82, 2.24) is 14.8 Å². The van der Waals surface area contributed by atoms with E-state index in [1.54, 1.807) is 11.8 Å². The molecule has 1 aromatic heterocycles. The lowest BCUT2D eigenvalue weighted by molar-refractivity contribution is 0.922. The van der Waals surface area contributed by atoms with Crippen molar-refractivity contribution < 1.29 is 0 Å². The summed E-state index contributed by atoms with van der Waals surface area (Å²) in [5.41, 5.74) is 2.36. The summed E-state index contributed by atoms with van der Waals surface area (Å²) < 4.78 is 4.23. The number of thioether (sulfide) groups is 1. The number of hydrogen-bond donors (Lipinski definition) is 0. The molecule has 0 saturated carbocycles. The summed E-state index contributed by atoms with van der Waals surface area (Å²) in [6.45, 7) is 0. The third-order valence-corrected chi connectivity index (χ3v) is 4.11. The fourth-order valence-electron chi connectivity index (χ4n) is 1.68. The van der Waals surface area contributed by atoms with Crippen LogP contribution >= 0.6 is 34.4 Å². The van der Waals surface area contributed by atoms with Gasteiger partial charge in [-0.3, -0.25) is 4.57 Å². The van der Waals surface area contributed by atoms with Crippen molar-refractivity contribution in [2.24, 2.45) is 0 Å². The Balaban J connectivity index is 2.18. The standard InChI is InChI=1S/C11H8IN3S/c12-6-9-7-16-11-14-13-10(15(9)11)8-4-2-1-3-5-8/h1-6H,7H2/b9-6-. The molecule has 1 aromatic carbocycles. The topological polar surface area (TPSA) is 30.7 Å².